The maximum atomic E-state index is 13.3. The van der Waals surface area contributed by atoms with Crippen LogP contribution < -0.4 is 9.62 Å². The molecule has 6 nitrogen and oxygen atoms in total. The number of carbonyl (C=O) groups excluding carboxylic acids is 1. The van der Waals surface area contributed by atoms with Crippen molar-refractivity contribution in [2.24, 2.45) is 0 Å². The fraction of sp³-hybridized carbons (Fsp3) is 0.200. The van der Waals surface area contributed by atoms with E-state index in [1.807, 2.05) is 0 Å². The normalized spacial score (nSPS) is 13.9. The van der Waals surface area contributed by atoms with Crippen molar-refractivity contribution in [2.45, 2.75) is 38.0 Å². The van der Waals surface area contributed by atoms with Crippen molar-refractivity contribution in [3.63, 3.8) is 0 Å². The highest BCUT2D eigenvalue weighted by Gasteiger charge is 2.37. The second-order valence-electron chi connectivity index (χ2n) is 8.92. The Labute approximate surface area is 199 Å². The van der Waals surface area contributed by atoms with Gasteiger partial charge in [0.1, 0.15) is 0 Å². The standard InChI is InChI=1S/C25H24ClN3O3S/c1-15-21(7-6-14-27-15)29-16(2)22-20(13-12-19(26)23(22)24(29)30)28-33(31,32)18-10-8-17(9-11-18)25(3,4)5/h6-14,28H,2H2,1,3-5H3. The van der Waals surface area contributed by atoms with E-state index in [2.05, 4.69) is 37.1 Å². The molecule has 1 aromatic heterocycles. The van der Waals surface area contributed by atoms with Gasteiger partial charge in [-0.25, -0.2) is 8.42 Å². The molecule has 170 valence electrons. The Morgan fingerprint density at radius 1 is 1.03 bits per heavy atom. The number of rotatable bonds is 4. The van der Waals surface area contributed by atoms with Gasteiger partial charge in [0.2, 0.25) is 0 Å². The van der Waals surface area contributed by atoms with Gasteiger partial charge in [-0.05, 0) is 54.3 Å². The third-order valence-corrected chi connectivity index (χ3v) is 7.32. The van der Waals surface area contributed by atoms with Gasteiger partial charge in [-0.2, -0.15) is 0 Å². The molecule has 2 heterocycles. The van der Waals surface area contributed by atoms with Crippen LogP contribution in [-0.4, -0.2) is 19.3 Å². The van der Waals surface area contributed by atoms with E-state index in [9.17, 15) is 13.2 Å². The Hall–Kier alpha value is -3.16. The number of aromatic nitrogens is 1. The molecule has 0 fully saturated rings. The van der Waals surface area contributed by atoms with Crippen molar-refractivity contribution in [2.75, 3.05) is 9.62 Å². The molecule has 33 heavy (non-hydrogen) atoms. The van der Waals surface area contributed by atoms with Gasteiger partial charge in [-0.1, -0.05) is 51.1 Å². The minimum absolute atomic E-state index is 0.0985. The van der Waals surface area contributed by atoms with Crippen LogP contribution in [0.2, 0.25) is 5.02 Å². The number of hydrogen-bond donors (Lipinski definition) is 1. The summed E-state index contributed by atoms with van der Waals surface area (Å²) in [6.45, 7) is 12.0. The zero-order valence-electron chi connectivity index (χ0n) is 18.8. The number of carbonyl (C=O) groups is 1. The average Bonchev–Trinajstić information content (AvgIpc) is 3.01. The van der Waals surface area contributed by atoms with Crippen LogP contribution in [0.25, 0.3) is 5.70 Å². The van der Waals surface area contributed by atoms with Crippen molar-refractivity contribution < 1.29 is 13.2 Å². The summed E-state index contributed by atoms with van der Waals surface area (Å²) in [5.41, 5.74) is 3.24. The maximum absolute atomic E-state index is 13.3. The van der Waals surface area contributed by atoms with E-state index in [1.54, 1.807) is 55.6 Å². The van der Waals surface area contributed by atoms with Crippen molar-refractivity contribution in [1.82, 2.24) is 4.98 Å². The molecule has 8 heteroatoms. The van der Waals surface area contributed by atoms with Crippen molar-refractivity contribution in [3.05, 3.63) is 88.7 Å². The number of sulfonamides is 1. The fourth-order valence-electron chi connectivity index (χ4n) is 3.82. The second kappa shape index (κ2) is 8.01. The Bertz CT molecular complexity index is 1390. The summed E-state index contributed by atoms with van der Waals surface area (Å²) in [6, 6.07) is 13.3. The van der Waals surface area contributed by atoms with Gasteiger partial charge in [-0.15, -0.1) is 0 Å². The fourth-order valence-corrected chi connectivity index (χ4v) is 5.13. The van der Waals surface area contributed by atoms with Crippen LogP contribution in [0.5, 0.6) is 0 Å². The third kappa shape index (κ3) is 4.03. The highest BCUT2D eigenvalue weighted by atomic mass is 35.5. The quantitative estimate of drug-likeness (QED) is 0.512. The summed E-state index contributed by atoms with van der Waals surface area (Å²) in [5.74, 6) is -0.383. The van der Waals surface area contributed by atoms with Crippen LogP contribution in [-0.2, 0) is 15.4 Å². The molecule has 0 saturated carbocycles. The van der Waals surface area contributed by atoms with Gasteiger partial charge < -0.3 is 0 Å². The summed E-state index contributed by atoms with van der Waals surface area (Å²) in [5, 5.41) is 0.220. The van der Waals surface area contributed by atoms with Crippen LogP contribution in [0.3, 0.4) is 0 Å². The van der Waals surface area contributed by atoms with Crippen LogP contribution in [0.1, 0.15) is 48.0 Å². The van der Waals surface area contributed by atoms with Gasteiger partial charge in [0.05, 0.1) is 38.2 Å². The first-order valence-corrected chi connectivity index (χ1v) is 12.2. The Morgan fingerprint density at radius 2 is 1.70 bits per heavy atom. The number of pyridine rings is 1. The number of aryl methyl sites for hydroxylation is 1. The van der Waals surface area contributed by atoms with E-state index in [0.29, 0.717) is 22.6 Å². The third-order valence-electron chi connectivity index (χ3n) is 5.62. The average molecular weight is 482 g/mol. The van der Waals surface area contributed by atoms with Gasteiger partial charge >= 0.3 is 0 Å². The van der Waals surface area contributed by atoms with Crippen LogP contribution in [0.15, 0.2) is 66.2 Å². The molecule has 1 aliphatic rings. The topological polar surface area (TPSA) is 79.4 Å². The van der Waals surface area contributed by atoms with Gasteiger partial charge in [0.25, 0.3) is 15.9 Å². The molecule has 0 bridgehead atoms. The number of anilines is 2. The molecule has 0 radical (unpaired) electrons. The van der Waals surface area contributed by atoms with E-state index in [0.717, 1.165) is 5.56 Å². The van der Waals surface area contributed by atoms with Gasteiger partial charge in [0.15, 0.2) is 0 Å². The first kappa shape index (κ1) is 23.0. The Balaban J connectivity index is 1.75. The van der Waals surface area contributed by atoms with E-state index in [-0.39, 0.29) is 32.5 Å². The number of amides is 1. The predicted octanol–water partition coefficient (Wildman–Crippen LogP) is 5.77. The van der Waals surface area contributed by atoms with Crippen molar-refractivity contribution in [1.29, 1.82) is 0 Å². The van der Waals surface area contributed by atoms with E-state index in [1.165, 1.54) is 11.0 Å². The molecule has 4 rings (SSSR count). The molecule has 0 aliphatic carbocycles. The smallest absolute Gasteiger partial charge is 0.265 e. The number of nitrogens with one attached hydrogen (secondary N) is 1. The lowest BCUT2D eigenvalue weighted by atomic mass is 9.87. The second-order valence-corrected chi connectivity index (χ2v) is 11.0. The van der Waals surface area contributed by atoms with E-state index >= 15 is 0 Å². The van der Waals surface area contributed by atoms with E-state index in [4.69, 9.17) is 11.6 Å². The molecule has 3 aromatic rings. The van der Waals surface area contributed by atoms with Gasteiger partial charge in [-0.3, -0.25) is 19.4 Å². The van der Waals surface area contributed by atoms with Crippen LogP contribution in [0, 0.1) is 6.92 Å². The van der Waals surface area contributed by atoms with Crippen LogP contribution in [0.4, 0.5) is 11.4 Å². The number of nitrogens with zero attached hydrogens (tertiary/aromatic N) is 2. The summed E-state index contributed by atoms with van der Waals surface area (Å²) < 4.78 is 28.9. The van der Waals surface area contributed by atoms with Crippen molar-refractivity contribution >= 4 is 44.6 Å². The zero-order chi connectivity index (χ0) is 24.1. The molecule has 1 amide bonds. The number of halogens is 1. The molecule has 0 atom stereocenters. The van der Waals surface area contributed by atoms with Crippen molar-refractivity contribution in [3.8, 4) is 0 Å². The monoisotopic (exact) mass is 481 g/mol. The largest absolute Gasteiger partial charge is 0.279 e. The summed E-state index contributed by atoms with van der Waals surface area (Å²) in [4.78, 5) is 19.1. The molecule has 1 aliphatic heterocycles. The highest BCUT2D eigenvalue weighted by Crippen LogP contribution is 2.43. The highest BCUT2D eigenvalue weighted by molar-refractivity contribution is 7.92. The zero-order valence-corrected chi connectivity index (χ0v) is 20.4. The Morgan fingerprint density at radius 3 is 2.30 bits per heavy atom. The molecular weight excluding hydrogens is 458 g/mol. The molecule has 1 N–H and O–H groups in total. The lowest BCUT2D eigenvalue weighted by molar-refractivity contribution is 0.101. The number of fused-ring (bicyclic) bond motifs is 1. The number of hydrogen-bond acceptors (Lipinski definition) is 4. The summed E-state index contributed by atoms with van der Waals surface area (Å²) in [6.07, 6.45) is 1.63. The molecule has 0 saturated heterocycles. The summed E-state index contributed by atoms with van der Waals surface area (Å²) in [7, 11) is -3.92. The lowest BCUT2D eigenvalue weighted by Gasteiger charge is -2.20. The first-order valence-electron chi connectivity index (χ1n) is 10.3. The predicted molar refractivity (Wildman–Crippen MR) is 132 cm³/mol. The molecule has 0 unspecified atom stereocenters. The molecule has 2 aromatic carbocycles. The van der Waals surface area contributed by atoms with Crippen LogP contribution >= 0.6 is 11.6 Å². The SMILES string of the molecule is C=C1c2c(NS(=O)(=O)c3ccc(C(C)(C)C)cc3)ccc(Cl)c2C(=O)N1c1cccnc1C. The Kier molecular flexibility index (Phi) is 5.58. The number of benzene rings is 2. The lowest BCUT2D eigenvalue weighted by Crippen LogP contribution is -2.23. The molecule has 0 spiro atoms. The summed E-state index contributed by atoms with van der Waals surface area (Å²) >= 11 is 6.36. The minimum atomic E-state index is -3.92. The van der Waals surface area contributed by atoms with E-state index < -0.39 is 10.0 Å². The van der Waals surface area contributed by atoms with Gasteiger partial charge in [0, 0.05) is 11.8 Å². The maximum Gasteiger partial charge on any atom is 0.265 e. The molecular formula is C25H24ClN3O3S. The minimum Gasteiger partial charge on any atom is -0.279 e. The first-order chi connectivity index (χ1) is 15.4.